The van der Waals surface area contributed by atoms with E-state index in [1.165, 1.54) is 6.20 Å². The lowest BCUT2D eigenvalue weighted by atomic mass is 10.1. The zero-order valence-corrected chi connectivity index (χ0v) is 13.0. The van der Waals surface area contributed by atoms with Crippen molar-refractivity contribution in [3.63, 3.8) is 0 Å². The number of ether oxygens (including phenoxy) is 2. The van der Waals surface area contributed by atoms with Crippen molar-refractivity contribution >= 4 is 12.1 Å². The third kappa shape index (κ3) is 6.25. The molecule has 1 aromatic rings. The van der Waals surface area contributed by atoms with Crippen molar-refractivity contribution in [3.05, 3.63) is 30.1 Å². The number of aromatic nitrogens is 1. The van der Waals surface area contributed by atoms with Gasteiger partial charge in [0, 0.05) is 18.0 Å². The van der Waals surface area contributed by atoms with Crippen LogP contribution in [0, 0.1) is 0 Å². The average molecular weight is 294 g/mol. The zero-order chi connectivity index (χ0) is 16.0. The van der Waals surface area contributed by atoms with Crippen LogP contribution in [0.3, 0.4) is 0 Å². The Morgan fingerprint density at radius 3 is 2.43 bits per heavy atom. The molecule has 0 saturated carbocycles. The molecule has 0 bridgehead atoms. The Bertz CT molecular complexity index is 480. The Labute approximate surface area is 124 Å². The Kier molecular flexibility index (Phi) is 5.69. The van der Waals surface area contributed by atoms with E-state index in [1.807, 2.05) is 0 Å². The van der Waals surface area contributed by atoms with E-state index in [0.29, 0.717) is 5.56 Å². The van der Waals surface area contributed by atoms with E-state index in [-0.39, 0.29) is 6.10 Å². The number of nitrogens with zero attached hydrogens (tertiary/aromatic N) is 1. The molecule has 0 aromatic carbocycles. The van der Waals surface area contributed by atoms with Gasteiger partial charge in [-0.3, -0.25) is 4.98 Å². The highest BCUT2D eigenvalue weighted by Gasteiger charge is 2.27. The van der Waals surface area contributed by atoms with E-state index in [2.05, 4.69) is 10.3 Å². The van der Waals surface area contributed by atoms with Gasteiger partial charge in [-0.25, -0.2) is 9.59 Å². The molecule has 1 atom stereocenters. The minimum absolute atomic E-state index is 0.280. The van der Waals surface area contributed by atoms with Crippen molar-refractivity contribution in [1.82, 2.24) is 10.3 Å². The molecule has 1 unspecified atom stereocenters. The minimum atomic E-state index is -0.948. The van der Waals surface area contributed by atoms with Gasteiger partial charge in [0.15, 0.2) is 6.04 Å². The molecule has 0 radical (unpaired) electrons. The molecule has 0 spiro atoms. The molecule has 1 amide bonds. The van der Waals surface area contributed by atoms with Crippen LogP contribution in [0.4, 0.5) is 4.79 Å². The predicted octanol–water partition coefficient (Wildman–Crippen LogP) is 2.60. The van der Waals surface area contributed by atoms with E-state index in [0.717, 1.165) is 0 Å². The van der Waals surface area contributed by atoms with Crippen LogP contribution in [0.2, 0.25) is 0 Å². The second kappa shape index (κ2) is 7.06. The van der Waals surface area contributed by atoms with Gasteiger partial charge in [-0.15, -0.1) is 0 Å². The molecular formula is C15H22N2O4. The predicted molar refractivity (Wildman–Crippen MR) is 77.6 cm³/mol. The van der Waals surface area contributed by atoms with E-state index >= 15 is 0 Å². The lowest BCUT2D eigenvalue weighted by Crippen LogP contribution is -2.39. The SMILES string of the molecule is CC(C)OC(=O)C(NC(=O)OC(C)(C)C)c1cccnc1. The maximum absolute atomic E-state index is 12.1. The number of carbonyl (C=O) groups is 2. The third-order valence-electron chi connectivity index (χ3n) is 2.27. The number of amides is 1. The highest BCUT2D eigenvalue weighted by atomic mass is 16.6. The second-order valence-corrected chi connectivity index (χ2v) is 5.85. The van der Waals surface area contributed by atoms with Gasteiger partial charge in [-0.2, -0.15) is 0 Å². The standard InChI is InChI=1S/C15H22N2O4/c1-10(2)20-13(18)12(11-7-6-8-16-9-11)17-14(19)21-15(3,4)5/h6-10,12H,1-5H3,(H,17,19). The van der Waals surface area contributed by atoms with Gasteiger partial charge < -0.3 is 14.8 Å². The van der Waals surface area contributed by atoms with E-state index in [1.54, 1.807) is 52.9 Å². The van der Waals surface area contributed by atoms with E-state index in [9.17, 15) is 9.59 Å². The monoisotopic (exact) mass is 294 g/mol. The molecule has 6 heteroatoms. The van der Waals surface area contributed by atoms with Gasteiger partial charge in [-0.1, -0.05) is 6.07 Å². The molecular weight excluding hydrogens is 272 g/mol. The lowest BCUT2D eigenvalue weighted by Gasteiger charge is -2.23. The number of nitrogens with one attached hydrogen (secondary N) is 1. The fourth-order valence-electron chi connectivity index (χ4n) is 1.55. The second-order valence-electron chi connectivity index (χ2n) is 5.85. The fraction of sp³-hybridized carbons (Fsp3) is 0.533. The zero-order valence-electron chi connectivity index (χ0n) is 13.0. The highest BCUT2D eigenvalue weighted by molar-refractivity contribution is 5.82. The van der Waals surface area contributed by atoms with Crippen LogP contribution in [0.25, 0.3) is 0 Å². The van der Waals surface area contributed by atoms with Gasteiger partial charge in [0.05, 0.1) is 6.10 Å². The van der Waals surface area contributed by atoms with Crippen LogP contribution < -0.4 is 5.32 Å². The van der Waals surface area contributed by atoms with Crippen LogP contribution in [0.5, 0.6) is 0 Å². The van der Waals surface area contributed by atoms with Crippen LogP contribution in [-0.4, -0.2) is 28.8 Å². The maximum atomic E-state index is 12.1. The van der Waals surface area contributed by atoms with Crippen molar-refractivity contribution in [3.8, 4) is 0 Å². The van der Waals surface area contributed by atoms with Crippen LogP contribution >= 0.6 is 0 Å². The van der Waals surface area contributed by atoms with Gasteiger partial charge in [0.25, 0.3) is 0 Å². The number of hydrogen-bond donors (Lipinski definition) is 1. The summed E-state index contributed by atoms with van der Waals surface area (Å²) < 4.78 is 10.3. The van der Waals surface area contributed by atoms with Gasteiger partial charge in [0.1, 0.15) is 5.60 Å². The summed E-state index contributed by atoms with van der Waals surface area (Å²) in [4.78, 5) is 28.0. The summed E-state index contributed by atoms with van der Waals surface area (Å²) in [7, 11) is 0. The lowest BCUT2D eigenvalue weighted by molar-refractivity contribution is -0.150. The first-order valence-corrected chi connectivity index (χ1v) is 6.79. The Hall–Kier alpha value is -2.11. The summed E-state index contributed by atoms with van der Waals surface area (Å²) in [5, 5.41) is 2.52. The quantitative estimate of drug-likeness (QED) is 0.864. The maximum Gasteiger partial charge on any atom is 0.408 e. The minimum Gasteiger partial charge on any atom is -0.461 e. The molecule has 0 aliphatic rings. The molecule has 21 heavy (non-hydrogen) atoms. The summed E-state index contributed by atoms with van der Waals surface area (Å²) in [6, 6.07) is 2.43. The number of carbonyl (C=O) groups excluding carboxylic acids is 2. The van der Waals surface area contributed by atoms with Crippen molar-refractivity contribution in [2.45, 2.75) is 52.4 Å². The normalized spacial score (nSPS) is 12.7. The first kappa shape index (κ1) is 16.9. The van der Waals surface area contributed by atoms with Crippen molar-refractivity contribution in [2.24, 2.45) is 0 Å². The molecule has 1 N–H and O–H groups in total. The van der Waals surface area contributed by atoms with Crippen molar-refractivity contribution < 1.29 is 19.1 Å². The number of rotatable bonds is 4. The molecule has 6 nitrogen and oxygen atoms in total. The Morgan fingerprint density at radius 2 is 1.95 bits per heavy atom. The molecule has 0 aliphatic heterocycles. The highest BCUT2D eigenvalue weighted by Crippen LogP contribution is 2.16. The molecule has 0 saturated heterocycles. The van der Waals surface area contributed by atoms with Gasteiger partial charge >= 0.3 is 12.1 Å². The fourth-order valence-corrected chi connectivity index (χ4v) is 1.55. The summed E-state index contributed by atoms with van der Waals surface area (Å²) in [5.74, 6) is -0.552. The summed E-state index contributed by atoms with van der Waals surface area (Å²) in [5.41, 5.74) is -0.111. The van der Waals surface area contributed by atoms with E-state index < -0.39 is 23.7 Å². The number of hydrogen-bond acceptors (Lipinski definition) is 5. The third-order valence-corrected chi connectivity index (χ3v) is 2.27. The Balaban J connectivity index is 2.88. The summed E-state index contributed by atoms with van der Waals surface area (Å²) in [6.45, 7) is 8.73. The van der Waals surface area contributed by atoms with Gasteiger partial charge in [-0.05, 0) is 40.7 Å². The first-order valence-electron chi connectivity index (χ1n) is 6.79. The van der Waals surface area contributed by atoms with Crippen molar-refractivity contribution in [2.75, 3.05) is 0 Å². The number of alkyl carbamates (subject to hydrolysis) is 1. The van der Waals surface area contributed by atoms with E-state index in [4.69, 9.17) is 9.47 Å². The average Bonchev–Trinajstić information content (AvgIpc) is 2.34. The molecule has 1 aromatic heterocycles. The largest absolute Gasteiger partial charge is 0.461 e. The molecule has 116 valence electrons. The molecule has 0 aliphatic carbocycles. The number of pyridine rings is 1. The van der Waals surface area contributed by atoms with Crippen LogP contribution in [0.15, 0.2) is 24.5 Å². The molecule has 1 rings (SSSR count). The van der Waals surface area contributed by atoms with Gasteiger partial charge in [0.2, 0.25) is 0 Å². The van der Waals surface area contributed by atoms with Crippen LogP contribution in [-0.2, 0) is 14.3 Å². The summed E-state index contributed by atoms with van der Waals surface area (Å²) >= 11 is 0. The van der Waals surface area contributed by atoms with Crippen LogP contribution in [0.1, 0.15) is 46.2 Å². The first-order chi connectivity index (χ1) is 9.69. The molecule has 0 fully saturated rings. The smallest absolute Gasteiger partial charge is 0.408 e. The topological polar surface area (TPSA) is 77.5 Å². The summed E-state index contributed by atoms with van der Waals surface area (Å²) in [6.07, 6.45) is 2.12. The molecule has 1 heterocycles. The van der Waals surface area contributed by atoms with Crippen molar-refractivity contribution in [1.29, 1.82) is 0 Å². The Morgan fingerprint density at radius 1 is 1.29 bits per heavy atom. The number of esters is 1.